The molecule has 6 heteroatoms. The Morgan fingerprint density at radius 1 is 1.30 bits per heavy atom. The zero-order valence-electron chi connectivity index (χ0n) is 13.4. The number of ether oxygens (including phenoxy) is 1. The number of carbonyl (C=O) groups is 1. The van der Waals surface area contributed by atoms with Gasteiger partial charge >= 0.3 is 0 Å². The molecule has 2 saturated heterocycles. The number of likely N-dealkylation sites (tertiary alicyclic amines) is 1. The molecule has 0 aliphatic carbocycles. The summed E-state index contributed by atoms with van der Waals surface area (Å²) in [5.74, 6) is 1.31. The third kappa shape index (κ3) is 4.15. The van der Waals surface area contributed by atoms with Gasteiger partial charge in [-0.25, -0.2) is 4.39 Å². The number of fused-ring (bicyclic) bond motifs is 1. The molecular formula is C17H24ClFN2O2. The standard InChI is InChI=1S/C17H23FN2O2.ClH/c1-22-16-3-2-12(8-15(16)18)9-17(21)20-6-4-13-10-19-11-14(13)5-7-20;/h2-3,8,13-14,19H,4-7,9-11H2,1H3;1H/t13-,14+;. The first-order chi connectivity index (χ1) is 10.7. The van der Waals surface area contributed by atoms with Crippen molar-refractivity contribution in [2.45, 2.75) is 19.3 Å². The molecule has 1 aromatic carbocycles. The number of carbonyl (C=O) groups excluding carboxylic acids is 1. The smallest absolute Gasteiger partial charge is 0.226 e. The van der Waals surface area contributed by atoms with Crippen molar-refractivity contribution in [1.82, 2.24) is 10.2 Å². The van der Waals surface area contributed by atoms with Gasteiger partial charge in [0.25, 0.3) is 0 Å². The highest BCUT2D eigenvalue weighted by atomic mass is 35.5. The number of halogens is 2. The van der Waals surface area contributed by atoms with Crippen LogP contribution in [0.15, 0.2) is 18.2 Å². The van der Waals surface area contributed by atoms with Crippen molar-refractivity contribution in [3.63, 3.8) is 0 Å². The van der Waals surface area contributed by atoms with Crippen LogP contribution in [0.25, 0.3) is 0 Å². The molecule has 4 nitrogen and oxygen atoms in total. The summed E-state index contributed by atoms with van der Waals surface area (Å²) in [7, 11) is 1.44. The van der Waals surface area contributed by atoms with Gasteiger partial charge in [0.2, 0.25) is 5.91 Å². The van der Waals surface area contributed by atoms with Gasteiger partial charge in [-0.2, -0.15) is 0 Å². The van der Waals surface area contributed by atoms with E-state index in [1.54, 1.807) is 12.1 Å². The summed E-state index contributed by atoms with van der Waals surface area (Å²) in [5, 5.41) is 3.44. The molecule has 3 rings (SSSR count). The summed E-state index contributed by atoms with van der Waals surface area (Å²) in [4.78, 5) is 14.4. The van der Waals surface area contributed by atoms with Crippen LogP contribution in [-0.4, -0.2) is 44.1 Å². The van der Waals surface area contributed by atoms with Gasteiger partial charge < -0.3 is 15.0 Å². The fourth-order valence-electron chi connectivity index (χ4n) is 3.57. The van der Waals surface area contributed by atoms with Gasteiger partial charge in [-0.1, -0.05) is 6.07 Å². The van der Waals surface area contributed by atoms with E-state index in [2.05, 4.69) is 5.32 Å². The Morgan fingerprint density at radius 3 is 2.52 bits per heavy atom. The van der Waals surface area contributed by atoms with Gasteiger partial charge in [0.1, 0.15) is 0 Å². The molecule has 2 heterocycles. The maximum atomic E-state index is 13.7. The van der Waals surface area contributed by atoms with Crippen LogP contribution in [0.1, 0.15) is 18.4 Å². The largest absolute Gasteiger partial charge is 0.494 e. The molecule has 128 valence electrons. The number of benzene rings is 1. The zero-order valence-corrected chi connectivity index (χ0v) is 14.2. The van der Waals surface area contributed by atoms with Crippen LogP contribution in [-0.2, 0) is 11.2 Å². The van der Waals surface area contributed by atoms with E-state index in [4.69, 9.17) is 4.74 Å². The maximum absolute atomic E-state index is 13.7. The summed E-state index contributed by atoms with van der Waals surface area (Å²) in [5.41, 5.74) is 0.703. The van der Waals surface area contributed by atoms with Crippen LogP contribution >= 0.6 is 12.4 Å². The van der Waals surface area contributed by atoms with Crippen LogP contribution in [0.3, 0.4) is 0 Å². The van der Waals surface area contributed by atoms with Crippen molar-refractivity contribution in [1.29, 1.82) is 0 Å². The summed E-state index contributed by atoms with van der Waals surface area (Å²) >= 11 is 0. The molecule has 2 aliphatic rings. The normalized spacial score (nSPS) is 23.7. The molecule has 1 amide bonds. The van der Waals surface area contributed by atoms with E-state index >= 15 is 0 Å². The van der Waals surface area contributed by atoms with E-state index in [9.17, 15) is 9.18 Å². The number of rotatable bonds is 3. The molecule has 1 N–H and O–H groups in total. The zero-order chi connectivity index (χ0) is 15.5. The van der Waals surface area contributed by atoms with Crippen molar-refractivity contribution in [3.05, 3.63) is 29.6 Å². The first-order valence-corrected chi connectivity index (χ1v) is 7.98. The molecule has 0 bridgehead atoms. The summed E-state index contributed by atoms with van der Waals surface area (Å²) < 4.78 is 18.6. The molecule has 0 spiro atoms. The molecule has 0 radical (unpaired) electrons. The number of hydrogen-bond acceptors (Lipinski definition) is 3. The first-order valence-electron chi connectivity index (χ1n) is 7.98. The molecule has 2 aliphatic heterocycles. The van der Waals surface area contributed by atoms with E-state index < -0.39 is 5.82 Å². The van der Waals surface area contributed by atoms with Crippen molar-refractivity contribution >= 4 is 18.3 Å². The summed E-state index contributed by atoms with van der Waals surface area (Å²) in [6.07, 6.45) is 2.40. The second-order valence-electron chi connectivity index (χ2n) is 6.28. The quantitative estimate of drug-likeness (QED) is 0.916. The van der Waals surface area contributed by atoms with E-state index in [0.717, 1.165) is 39.0 Å². The monoisotopic (exact) mass is 342 g/mol. The fraction of sp³-hybridized carbons (Fsp3) is 0.588. The van der Waals surface area contributed by atoms with Crippen LogP contribution < -0.4 is 10.1 Å². The minimum absolute atomic E-state index is 0. The predicted molar refractivity (Wildman–Crippen MR) is 89.6 cm³/mol. The van der Waals surface area contributed by atoms with Gasteiger partial charge in [-0.05, 0) is 55.5 Å². The highest BCUT2D eigenvalue weighted by Gasteiger charge is 2.31. The molecule has 0 saturated carbocycles. The lowest BCUT2D eigenvalue weighted by molar-refractivity contribution is -0.130. The lowest BCUT2D eigenvalue weighted by Crippen LogP contribution is -2.33. The van der Waals surface area contributed by atoms with E-state index in [0.29, 0.717) is 17.4 Å². The maximum Gasteiger partial charge on any atom is 0.226 e. The third-order valence-electron chi connectivity index (χ3n) is 4.94. The average molecular weight is 343 g/mol. The van der Waals surface area contributed by atoms with E-state index in [-0.39, 0.29) is 30.5 Å². The Kier molecular flexibility index (Phi) is 6.25. The molecule has 23 heavy (non-hydrogen) atoms. The third-order valence-corrected chi connectivity index (χ3v) is 4.94. The van der Waals surface area contributed by atoms with Crippen LogP contribution in [0, 0.1) is 17.7 Å². The molecule has 0 aromatic heterocycles. The SMILES string of the molecule is COc1ccc(CC(=O)N2CC[C@@H]3CNC[C@@H]3CC2)cc1F.Cl. The number of nitrogens with one attached hydrogen (secondary N) is 1. The molecule has 2 atom stereocenters. The second kappa shape index (κ2) is 7.97. The predicted octanol–water partition coefficient (Wildman–Crippen LogP) is 2.26. The Hall–Kier alpha value is -1.33. The van der Waals surface area contributed by atoms with Crippen molar-refractivity contribution in [2.24, 2.45) is 11.8 Å². The van der Waals surface area contributed by atoms with Gasteiger partial charge in [0.05, 0.1) is 13.5 Å². The van der Waals surface area contributed by atoms with Gasteiger partial charge in [0.15, 0.2) is 11.6 Å². The van der Waals surface area contributed by atoms with E-state index in [1.165, 1.54) is 13.2 Å². The van der Waals surface area contributed by atoms with Gasteiger partial charge in [-0.15, -0.1) is 12.4 Å². The highest BCUT2D eigenvalue weighted by Crippen LogP contribution is 2.27. The van der Waals surface area contributed by atoms with Crippen LogP contribution in [0.5, 0.6) is 5.75 Å². The van der Waals surface area contributed by atoms with E-state index in [1.807, 2.05) is 4.90 Å². The second-order valence-corrected chi connectivity index (χ2v) is 6.28. The Balaban J connectivity index is 0.00000192. The molecular weight excluding hydrogens is 319 g/mol. The van der Waals surface area contributed by atoms with Crippen molar-refractivity contribution in [2.75, 3.05) is 33.3 Å². The summed E-state index contributed by atoms with van der Waals surface area (Å²) in [6, 6.07) is 4.74. The number of nitrogens with zero attached hydrogens (tertiary/aromatic N) is 1. The van der Waals surface area contributed by atoms with Crippen molar-refractivity contribution < 1.29 is 13.9 Å². The highest BCUT2D eigenvalue weighted by molar-refractivity contribution is 5.85. The van der Waals surface area contributed by atoms with Crippen LogP contribution in [0.4, 0.5) is 4.39 Å². The number of amides is 1. The number of hydrogen-bond donors (Lipinski definition) is 1. The van der Waals surface area contributed by atoms with Crippen molar-refractivity contribution in [3.8, 4) is 5.75 Å². The topological polar surface area (TPSA) is 41.6 Å². The van der Waals surface area contributed by atoms with Gasteiger partial charge in [-0.3, -0.25) is 4.79 Å². The Labute approximate surface area is 142 Å². The molecule has 0 unspecified atom stereocenters. The number of methoxy groups -OCH3 is 1. The summed E-state index contributed by atoms with van der Waals surface area (Å²) in [6.45, 7) is 3.80. The Morgan fingerprint density at radius 2 is 1.96 bits per heavy atom. The lowest BCUT2D eigenvalue weighted by Gasteiger charge is -2.21. The van der Waals surface area contributed by atoms with Gasteiger partial charge in [0, 0.05) is 13.1 Å². The fourth-order valence-corrected chi connectivity index (χ4v) is 3.57. The minimum Gasteiger partial charge on any atom is -0.494 e. The minimum atomic E-state index is -0.413. The average Bonchev–Trinajstić information content (AvgIpc) is 2.86. The first kappa shape index (κ1) is 18.0. The van der Waals surface area contributed by atoms with Crippen LogP contribution in [0.2, 0.25) is 0 Å². The lowest BCUT2D eigenvalue weighted by atomic mass is 9.92. The Bertz CT molecular complexity index is 541. The molecule has 2 fully saturated rings. The molecule has 1 aromatic rings.